The molecule has 0 spiro atoms. The molecule has 3 aromatic heterocycles. The van der Waals surface area contributed by atoms with Gasteiger partial charge >= 0.3 is 0 Å². The maximum atomic E-state index is 5.80. The number of hydrogen-bond donors (Lipinski definition) is 0. The van der Waals surface area contributed by atoms with Gasteiger partial charge in [0.1, 0.15) is 0 Å². The zero-order chi connectivity index (χ0) is 16.4. The molecular weight excluding hydrogens is 306 g/mol. The van der Waals surface area contributed by atoms with Gasteiger partial charge in [0.15, 0.2) is 5.58 Å². The zero-order valence-electron chi connectivity index (χ0n) is 13.6. The van der Waals surface area contributed by atoms with Crippen LogP contribution < -0.4 is 9.64 Å². The van der Waals surface area contributed by atoms with Gasteiger partial charge in [0.2, 0.25) is 11.5 Å². The average Bonchev–Trinajstić information content (AvgIpc) is 3.06. The van der Waals surface area contributed by atoms with Crippen LogP contribution in [0.1, 0.15) is 5.69 Å². The molecule has 4 rings (SSSR count). The summed E-state index contributed by atoms with van der Waals surface area (Å²) in [6, 6.07) is 10.3. The minimum Gasteiger partial charge on any atom is -0.481 e. The Kier molecular flexibility index (Phi) is 4.00. The molecule has 0 saturated carbocycles. The van der Waals surface area contributed by atoms with Crippen LogP contribution in [0.4, 0.5) is 6.01 Å². The minimum absolute atomic E-state index is 0.655. The van der Waals surface area contributed by atoms with Crippen LogP contribution in [0.25, 0.3) is 11.2 Å². The van der Waals surface area contributed by atoms with E-state index in [4.69, 9.17) is 9.15 Å². The van der Waals surface area contributed by atoms with E-state index in [1.165, 1.54) is 0 Å². The molecule has 0 unspecified atom stereocenters. The van der Waals surface area contributed by atoms with Crippen LogP contribution in [0, 0.1) is 0 Å². The van der Waals surface area contributed by atoms with Crippen molar-refractivity contribution in [1.29, 1.82) is 0 Å². The van der Waals surface area contributed by atoms with E-state index in [2.05, 4.69) is 24.8 Å². The number of oxazole rings is 1. The Balaban J connectivity index is 1.39. The van der Waals surface area contributed by atoms with Crippen molar-refractivity contribution >= 4 is 17.2 Å². The predicted octanol–water partition coefficient (Wildman–Crippen LogP) is 1.95. The van der Waals surface area contributed by atoms with Gasteiger partial charge in [-0.25, -0.2) is 9.97 Å². The third-order valence-corrected chi connectivity index (χ3v) is 4.17. The number of nitrogens with zero attached hydrogens (tertiary/aromatic N) is 5. The first kappa shape index (κ1) is 14.9. The van der Waals surface area contributed by atoms with Crippen molar-refractivity contribution in [2.45, 2.75) is 6.54 Å². The van der Waals surface area contributed by atoms with Crippen molar-refractivity contribution in [2.24, 2.45) is 0 Å². The Morgan fingerprint density at radius 1 is 1.08 bits per heavy atom. The molecule has 0 amide bonds. The first-order valence-electron chi connectivity index (χ1n) is 8.00. The maximum absolute atomic E-state index is 5.80. The van der Waals surface area contributed by atoms with Gasteiger partial charge in [0.05, 0.1) is 12.8 Å². The summed E-state index contributed by atoms with van der Waals surface area (Å²) in [7, 11) is 1.64. The van der Waals surface area contributed by atoms with E-state index in [-0.39, 0.29) is 0 Å². The molecule has 1 aliphatic rings. The highest BCUT2D eigenvalue weighted by Crippen LogP contribution is 2.21. The van der Waals surface area contributed by atoms with E-state index in [1.807, 2.05) is 30.3 Å². The molecule has 0 atom stereocenters. The molecule has 124 valence electrons. The zero-order valence-corrected chi connectivity index (χ0v) is 13.6. The van der Waals surface area contributed by atoms with E-state index in [0.717, 1.165) is 44.0 Å². The lowest BCUT2D eigenvalue weighted by Gasteiger charge is -2.33. The summed E-state index contributed by atoms with van der Waals surface area (Å²) in [4.78, 5) is 17.7. The van der Waals surface area contributed by atoms with Crippen LogP contribution in [0.5, 0.6) is 5.88 Å². The Morgan fingerprint density at radius 2 is 1.96 bits per heavy atom. The van der Waals surface area contributed by atoms with Crippen LogP contribution in [-0.2, 0) is 6.54 Å². The normalized spacial score (nSPS) is 15.8. The molecule has 1 saturated heterocycles. The highest BCUT2D eigenvalue weighted by atomic mass is 16.5. The molecule has 0 N–H and O–H groups in total. The van der Waals surface area contributed by atoms with E-state index in [9.17, 15) is 0 Å². The Labute approximate surface area is 139 Å². The minimum atomic E-state index is 0.655. The molecule has 7 heteroatoms. The molecule has 24 heavy (non-hydrogen) atoms. The number of piperazine rings is 1. The van der Waals surface area contributed by atoms with Gasteiger partial charge in [0.25, 0.3) is 6.01 Å². The molecule has 4 heterocycles. The summed E-state index contributed by atoms with van der Waals surface area (Å²) in [5.74, 6) is 0.658. The second kappa shape index (κ2) is 6.45. The maximum Gasteiger partial charge on any atom is 0.300 e. The molecule has 1 fully saturated rings. The fourth-order valence-corrected chi connectivity index (χ4v) is 2.88. The van der Waals surface area contributed by atoms with E-state index < -0.39 is 0 Å². The van der Waals surface area contributed by atoms with Crippen molar-refractivity contribution in [1.82, 2.24) is 19.9 Å². The summed E-state index contributed by atoms with van der Waals surface area (Å²) in [6.45, 7) is 4.43. The number of anilines is 1. The first-order chi connectivity index (χ1) is 11.8. The van der Waals surface area contributed by atoms with Crippen molar-refractivity contribution < 1.29 is 9.15 Å². The van der Waals surface area contributed by atoms with Crippen molar-refractivity contribution in [3.63, 3.8) is 0 Å². The van der Waals surface area contributed by atoms with E-state index in [0.29, 0.717) is 17.5 Å². The summed E-state index contributed by atoms with van der Waals surface area (Å²) in [5.41, 5.74) is 2.42. The number of fused-ring (bicyclic) bond motifs is 1. The fraction of sp³-hybridized carbons (Fsp3) is 0.353. The Morgan fingerprint density at radius 3 is 2.75 bits per heavy atom. The second-order valence-electron chi connectivity index (χ2n) is 5.76. The van der Waals surface area contributed by atoms with Crippen molar-refractivity contribution in [3.8, 4) is 5.88 Å². The largest absolute Gasteiger partial charge is 0.481 e. The predicted molar refractivity (Wildman–Crippen MR) is 90.1 cm³/mol. The molecule has 7 nitrogen and oxygen atoms in total. The summed E-state index contributed by atoms with van der Waals surface area (Å²) in [5, 5.41) is 0. The lowest BCUT2D eigenvalue weighted by Crippen LogP contribution is -2.46. The van der Waals surface area contributed by atoms with Crippen LogP contribution >= 0.6 is 0 Å². The van der Waals surface area contributed by atoms with Gasteiger partial charge in [-0.1, -0.05) is 6.07 Å². The lowest BCUT2D eigenvalue weighted by molar-refractivity contribution is 0.242. The number of hydrogen-bond acceptors (Lipinski definition) is 7. The molecule has 0 radical (unpaired) electrons. The van der Waals surface area contributed by atoms with Crippen molar-refractivity contribution in [2.75, 3.05) is 38.2 Å². The number of methoxy groups -OCH3 is 1. The van der Waals surface area contributed by atoms with E-state index >= 15 is 0 Å². The summed E-state index contributed by atoms with van der Waals surface area (Å²) in [6.07, 6.45) is 1.73. The van der Waals surface area contributed by atoms with Gasteiger partial charge < -0.3 is 14.1 Å². The summed E-state index contributed by atoms with van der Waals surface area (Å²) >= 11 is 0. The number of rotatable bonds is 4. The van der Waals surface area contributed by atoms with Gasteiger partial charge in [-0.05, 0) is 18.2 Å². The van der Waals surface area contributed by atoms with Crippen LogP contribution in [0.3, 0.4) is 0 Å². The lowest BCUT2D eigenvalue weighted by atomic mass is 10.3. The summed E-state index contributed by atoms with van der Waals surface area (Å²) < 4.78 is 11.0. The SMILES string of the molecule is COc1cccc(CN2CCN(c3nc4ncccc4o3)CC2)n1. The smallest absolute Gasteiger partial charge is 0.300 e. The monoisotopic (exact) mass is 325 g/mol. The number of aromatic nitrogens is 3. The highest BCUT2D eigenvalue weighted by molar-refractivity contribution is 5.69. The fourth-order valence-electron chi connectivity index (χ4n) is 2.88. The van der Waals surface area contributed by atoms with Gasteiger partial charge in [-0.15, -0.1) is 0 Å². The van der Waals surface area contributed by atoms with E-state index in [1.54, 1.807) is 13.3 Å². The molecule has 0 bridgehead atoms. The molecular formula is C17H19N5O2. The second-order valence-corrected chi connectivity index (χ2v) is 5.76. The number of pyridine rings is 2. The number of ether oxygens (including phenoxy) is 1. The Hall–Kier alpha value is -2.67. The van der Waals surface area contributed by atoms with Gasteiger partial charge in [0, 0.05) is 45.0 Å². The third kappa shape index (κ3) is 3.03. The van der Waals surface area contributed by atoms with Crippen LogP contribution in [0.15, 0.2) is 40.9 Å². The highest BCUT2D eigenvalue weighted by Gasteiger charge is 2.21. The molecule has 0 aliphatic carbocycles. The van der Waals surface area contributed by atoms with Gasteiger partial charge in [-0.3, -0.25) is 4.90 Å². The average molecular weight is 325 g/mol. The van der Waals surface area contributed by atoms with Gasteiger partial charge in [-0.2, -0.15) is 4.98 Å². The third-order valence-electron chi connectivity index (χ3n) is 4.17. The van der Waals surface area contributed by atoms with Crippen molar-refractivity contribution in [3.05, 3.63) is 42.2 Å². The van der Waals surface area contributed by atoms with Crippen LogP contribution in [-0.4, -0.2) is 53.1 Å². The quantitative estimate of drug-likeness (QED) is 0.726. The Bertz CT molecular complexity index is 793. The van der Waals surface area contributed by atoms with Crippen LogP contribution in [0.2, 0.25) is 0 Å². The standard InChI is InChI=1S/C17H19N5O2/c1-23-15-6-2-4-13(19-15)12-21-8-10-22(11-9-21)17-20-16-14(24-17)5-3-7-18-16/h2-7H,8-12H2,1H3. The topological polar surface area (TPSA) is 67.5 Å². The molecule has 3 aromatic rings. The molecule has 1 aliphatic heterocycles. The molecule has 0 aromatic carbocycles. The first-order valence-corrected chi connectivity index (χ1v) is 8.00.